The van der Waals surface area contributed by atoms with Gasteiger partial charge >= 0.3 is 8.80 Å². The van der Waals surface area contributed by atoms with Crippen LogP contribution in [0.3, 0.4) is 0 Å². The Morgan fingerprint density at radius 3 is 1.79 bits per heavy atom. The Hall–Kier alpha value is 0.0569. The van der Waals surface area contributed by atoms with E-state index in [0.29, 0.717) is 0 Å². The Morgan fingerprint density at radius 1 is 0.857 bits per heavy atom. The minimum absolute atomic E-state index is 0.279. The monoisotopic (exact) mass is 222 g/mol. The highest BCUT2D eigenvalue weighted by atomic mass is 28.4. The number of rotatable bonds is 9. The van der Waals surface area contributed by atoms with Crippen LogP contribution in [0.1, 0.15) is 25.7 Å². The molecule has 0 fully saturated rings. The van der Waals surface area contributed by atoms with Gasteiger partial charge in [-0.05, 0) is 12.8 Å². The van der Waals surface area contributed by atoms with Gasteiger partial charge in [-0.25, -0.2) is 0 Å². The zero-order valence-corrected chi connectivity index (χ0v) is 10.4. The maximum absolute atomic E-state index is 8.60. The Labute approximate surface area is 87.5 Å². The third-order valence-corrected chi connectivity index (χ3v) is 5.16. The van der Waals surface area contributed by atoms with Crippen LogP contribution in [0.4, 0.5) is 0 Å². The average molecular weight is 222 g/mol. The fourth-order valence-electron chi connectivity index (χ4n) is 1.36. The molecule has 0 aliphatic carbocycles. The van der Waals surface area contributed by atoms with Gasteiger partial charge in [-0.1, -0.05) is 12.8 Å². The van der Waals surface area contributed by atoms with E-state index in [4.69, 9.17) is 18.4 Å². The van der Waals surface area contributed by atoms with Crippen molar-refractivity contribution in [3.63, 3.8) is 0 Å². The summed E-state index contributed by atoms with van der Waals surface area (Å²) in [5.41, 5.74) is 0. The van der Waals surface area contributed by atoms with Gasteiger partial charge in [-0.2, -0.15) is 0 Å². The van der Waals surface area contributed by atoms with Gasteiger partial charge in [0.25, 0.3) is 0 Å². The van der Waals surface area contributed by atoms with Crippen LogP contribution in [0.15, 0.2) is 0 Å². The number of aliphatic hydroxyl groups excluding tert-OH is 1. The first-order valence-electron chi connectivity index (χ1n) is 5.01. The third-order valence-electron chi connectivity index (χ3n) is 2.32. The van der Waals surface area contributed by atoms with Crippen LogP contribution in [0, 0.1) is 0 Å². The summed E-state index contributed by atoms with van der Waals surface area (Å²) in [5, 5.41) is 8.60. The van der Waals surface area contributed by atoms with Gasteiger partial charge in [0.15, 0.2) is 0 Å². The highest BCUT2D eigenvalue weighted by molar-refractivity contribution is 6.60. The van der Waals surface area contributed by atoms with Crippen LogP contribution in [-0.4, -0.2) is 41.8 Å². The quantitative estimate of drug-likeness (QED) is 0.473. The largest absolute Gasteiger partial charge is 0.500 e. The molecule has 14 heavy (non-hydrogen) atoms. The second kappa shape index (κ2) is 8.37. The lowest BCUT2D eigenvalue weighted by Crippen LogP contribution is -2.42. The van der Waals surface area contributed by atoms with Crippen molar-refractivity contribution in [3.8, 4) is 0 Å². The molecule has 0 rings (SSSR count). The number of hydrogen-bond donors (Lipinski definition) is 1. The SMILES string of the molecule is CO[Si](CCCCCCO)(OC)OC. The number of hydrogen-bond acceptors (Lipinski definition) is 4. The van der Waals surface area contributed by atoms with E-state index in [1.54, 1.807) is 21.3 Å². The molecule has 0 aromatic heterocycles. The van der Waals surface area contributed by atoms with E-state index in [1.807, 2.05) is 0 Å². The molecule has 0 atom stereocenters. The molecule has 0 unspecified atom stereocenters. The fourth-order valence-corrected chi connectivity index (χ4v) is 3.16. The van der Waals surface area contributed by atoms with Crippen LogP contribution in [0.25, 0.3) is 0 Å². The zero-order chi connectivity index (χ0) is 10.9. The Kier molecular flexibility index (Phi) is 8.41. The minimum atomic E-state index is -2.34. The molecule has 4 nitrogen and oxygen atoms in total. The van der Waals surface area contributed by atoms with Crippen molar-refractivity contribution in [1.82, 2.24) is 0 Å². The van der Waals surface area contributed by atoms with E-state index >= 15 is 0 Å². The minimum Gasteiger partial charge on any atom is -0.396 e. The van der Waals surface area contributed by atoms with Crippen molar-refractivity contribution in [2.75, 3.05) is 27.9 Å². The molecule has 0 heterocycles. The van der Waals surface area contributed by atoms with Crippen molar-refractivity contribution in [1.29, 1.82) is 0 Å². The molecule has 0 aliphatic rings. The number of unbranched alkanes of at least 4 members (excludes halogenated alkanes) is 3. The van der Waals surface area contributed by atoms with E-state index in [2.05, 4.69) is 0 Å². The Balaban J connectivity index is 3.61. The lowest BCUT2D eigenvalue weighted by atomic mass is 10.2. The molecular formula is C9H22O4Si. The van der Waals surface area contributed by atoms with Crippen molar-refractivity contribution in [2.24, 2.45) is 0 Å². The third kappa shape index (κ3) is 5.07. The summed E-state index contributed by atoms with van der Waals surface area (Å²) >= 11 is 0. The van der Waals surface area contributed by atoms with E-state index in [0.717, 1.165) is 31.7 Å². The molecule has 0 aliphatic heterocycles. The summed E-state index contributed by atoms with van der Waals surface area (Å²) in [6, 6.07) is 0.849. The molecule has 0 saturated carbocycles. The van der Waals surface area contributed by atoms with E-state index < -0.39 is 8.80 Å². The lowest BCUT2D eigenvalue weighted by Gasteiger charge is -2.24. The van der Waals surface area contributed by atoms with Crippen molar-refractivity contribution in [3.05, 3.63) is 0 Å². The fraction of sp³-hybridized carbons (Fsp3) is 1.00. The molecule has 86 valence electrons. The van der Waals surface area contributed by atoms with E-state index in [9.17, 15) is 0 Å². The van der Waals surface area contributed by atoms with E-state index in [-0.39, 0.29) is 6.61 Å². The molecule has 0 amide bonds. The molecular weight excluding hydrogens is 200 g/mol. The van der Waals surface area contributed by atoms with Gasteiger partial charge in [0.05, 0.1) is 0 Å². The first-order valence-corrected chi connectivity index (χ1v) is 6.94. The summed E-state index contributed by atoms with van der Waals surface area (Å²) in [6.45, 7) is 0.279. The first-order chi connectivity index (χ1) is 6.74. The standard InChI is InChI=1S/C9H22O4Si/c1-11-14(12-2,13-3)9-7-5-4-6-8-10/h10H,4-9H2,1-3H3. The van der Waals surface area contributed by atoms with Crippen LogP contribution >= 0.6 is 0 Å². The van der Waals surface area contributed by atoms with Crippen LogP contribution in [-0.2, 0) is 13.3 Å². The van der Waals surface area contributed by atoms with Gasteiger partial charge in [-0.15, -0.1) is 0 Å². The van der Waals surface area contributed by atoms with Gasteiger partial charge in [0.2, 0.25) is 0 Å². The lowest BCUT2D eigenvalue weighted by molar-refractivity contribution is 0.122. The van der Waals surface area contributed by atoms with Crippen LogP contribution in [0.2, 0.25) is 6.04 Å². The predicted molar refractivity (Wildman–Crippen MR) is 57.1 cm³/mol. The average Bonchev–Trinajstić information content (AvgIpc) is 2.24. The summed E-state index contributed by atoms with van der Waals surface area (Å²) < 4.78 is 15.9. The molecule has 0 spiro atoms. The molecule has 5 heteroatoms. The first kappa shape index (κ1) is 14.1. The molecule has 0 saturated heterocycles. The van der Waals surface area contributed by atoms with Crippen molar-refractivity contribution >= 4 is 8.80 Å². The maximum Gasteiger partial charge on any atom is 0.500 e. The summed E-state index contributed by atoms with van der Waals surface area (Å²) in [6.07, 6.45) is 4.05. The van der Waals surface area contributed by atoms with Crippen LogP contribution in [0.5, 0.6) is 0 Å². The Morgan fingerprint density at radius 2 is 1.36 bits per heavy atom. The molecule has 1 N–H and O–H groups in total. The Bertz CT molecular complexity index is 120. The van der Waals surface area contributed by atoms with Crippen LogP contribution < -0.4 is 0 Å². The van der Waals surface area contributed by atoms with Gasteiger partial charge in [-0.3, -0.25) is 0 Å². The highest BCUT2D eigenvalue weighted by Crippen LogP contribution is 2.17. The predicted octanol–water partition coefficient (Wildman–Crippen LogP) is 1.42. The molecule has 0 bridgehead atoms. The molecule has 0 aromatic rings. The van der Waals surface area contributed by atoms with Crippen molar-refractivity contribution < 1.29 is 18.4 Å². The van der Waals surface area contributed by atoms with Gasteiger partial charge < -0.3 is 18.4 Å². The summed E-state index contributed by atoms with van der Waals surface area (Å²) in [5.74, 6) is 0. The van der Waals surface area contributed by atoms with Crippen molar-refractivity contribution in [2.45, 2.75) is 31.7 Å². The molecule has 0 radical (unpaired) electrons. The zero-order valence-electron chi connectivity index (χ0n) is 9.41. The van der Waals surface area contributed by atoms with Gasteiger partial charge in [0.1, 0.15) is 0 Å². The smallest absolute Gasteiger partial charge is 0.396 e. The normalized spacial score (nSPS) is 12.0. The highest BCUT2D eigenvalue weighted by Gasteiger charge is 2.36. The molecule has 0 aromatic carbocycles. The number of aliphatic hydroxyl groups is 1. The maximum atomic E-state index is 8.60. The van der Waals surface area contributed by atoms with Gasteiger partial charge in [0, 0.05) is 34.0 Å². The second-order valence-corrected chi connectivity index (χ2v) is 6.27. The topological polar surface area (TPSA) is 47.9 Å². The second-order valence-electron chi connectivity index (χ2n) is 3.18. The van der Waals surface area contributed by atoms with E-state index in [1.165, 1.54) is 0 Å². The summed E-state index contributed by atoms with van der Waals surface area (Å²) in [4.78, 5) is 0. The summed E-state index contributed by atoms with van der Waals surface area (Å²) in [7, 11) is 2.56.